The van der Waals surface area contributed by atoms with Gasteiger partial charge >= 0.3 is 0 Å². The normalized spacial score (nSPS) is 26.7. The predicted octanol–water partition coefficient (Wildman–Crippen LogP) is 1.27. The van der Waals surface area contributed by atoms with E-state index >= 15 is 0 Å². The number of carbonyl (C=O) groups excluding carboxylic acids is 1. The van der Waals surface area contributed by atoms with E-state index < -0.39 is 6.10 Å². The van der Waals surface area contributed by atoms with Crippen molar-refractivity contribution >= 4 is 5.78 Å². The second kappa shape index (κ2) is 3.15. The molecule has 1 aliphatic rings. The molecule has 1 N–H and O–H groups in total. The van der Waals surface area contributed by atoms with Gasteiger partial charge in [-0.25, -0.2) is 0 Å². The molecule has 66 valence electrons. The second-order valence-corrected chi connectivity index (χ2v) is 3.14. The first-order valence-corrected chi connectivity index (χ1v) is 4.24. The molecule has 0 bridgehead atoms. The molecule has 0 fully saturated rings. The average Bonchev–Trinajstić information content (AvgIpc) is 2.48. The Morgan fingerprint density at radius 3 is 2.38 bits per heavy atom. The highest BCUT2D eigenvalue weighted by Crippen LogP contribution is 2.26. The minimum absolute atomic E-state index is 0.0151. The molecule has 2 nitrogen and oxygen atoms in total. The summed E-state index contributed by atoms with van der Waals surface area (Å²) in [6, 6.07) is 9.35. The first kappa shape index (κ1) is 8.20. The summed E-state index contributed by atoms with van der Waals surface area (Å²) in [6.07, 6.45) is 2.33. The molecule has 0 heterocycles. The van der Waals surface area contributed by atoms with Gasteiger partial charge < -0.3 is 5.11 Å². The number of ketones is 1. The lowest BCUT2D eigenvalue weighted by atomic mass is 9.94. The van der Waals surface area contributed by atoms with Gasteiger partial charge in [-0.05, 0) is 11.6 Å². The van der Waals surface area contributed by atoms with Crippen LogP contribution in [0.25, 0.3) is 0 Å². The molecule has 0 amide bonds. The monoisotopic (exact) mass is 174 g/mol. The first-order valence-electron chi connectivity index (χ1n) is 4.24. The van der Waals surface area contributed by atoms with E-state index in [1.807, 2.05) is 30.3 Å². The molecule has 2 unspecified atom stereocenters. The van der Waals surface area contributed by atoms with E-state index in [1.54, 1.807) is 6.08 Å². The minimum Gasteiger partial charge on any atom is -0.388 e. The van der Waals surface area contributed by atoms with Crippen molar-refractivity contribution < 1.29 is 9.90 Å². The molecule has 0 saturated carbocycles. The van der Waals surface area contributed by atoms with Crippen LogP contribution in [0.2, 0.25) is 0 Å². The molecule has 1 aliphatic carbocycles. The maximum absolute atomic E-state index is 11.3. The van der Waals surface area contributed by atoms with Crippen molar-refractivity contribution in [3.05, 3.63) is 48.0 Å². The van der Waals surface area contributed by atoms with Crippen LogP contribution in [0.3, 0.4) is 0 Å². The van der Waals surface area contributed by atoms with Crippen molar-refractivity contribution in [3.8, 4) is 0 Å². The Morgan fingerprint density at radius 2 is 1.85 bits per heavy atom. The van der Waals surface area contributed by atoms with E-state index in [1.165, 1.54) is 6.08 Å². The van der Waals surface area contributed by atoms with Crippen molar-refractivity contribution in [2.45, 2.75) is 12.0 Å². The Morgan fingerprint density at radius 1 is 1.15 bits per heavy atom. The van der Waals surface area contributed by atoms with Gasteiger partial charge in [-0.1, -0.05) is 36.4 Å². The van der Waals surface area contributed by atoms with Crippen molar-refractivity contribution in [3.63, 3.8) is 0 Å². The summed E-state index contributed by atoms with van der Waals surface area (Å²) in [6.45, 7) is 0. The Balaban J connectivity index is 2.33. The summed E-state index contributed by atoms with van der Waals surface area (Å²) >= 11 is 0. The largest absolute Gasteiger partial charge is 0.388 e. The summed E-state index contributed by atoms with van der Waals surface area (Å²) in [5.41, 5.74) is 0.880. The molecule has 0 spiro atoms. The van der Waals surface area contributed by atoms with Crippen LogP contribution in [0.4, 0.5) is 0 Å². The Bertz CT molecular complexity index is 340. The van der Waals surface area contributed by atoms with Crippen LogP contribution in [0.5, 0.6) is 0 Å². The highest BCUT2D eigenvalue weighted by Gasteiger charge is 2.29. The molecule has 1 aromatic carbocycles. The summed E-state index contributed by atoms with van der Waals surface area (Å²) in [4.78, 5) is 11.3. The van der Waals surface area contributed by atoms with Crippen LogP contribution in [-0.2, 0) is 4.79 Å². The third-order valence-corrected chi connectivity index (χ3v) is 2.26. The molecule has 2 rings (SSSR count). The van der Waals surface area contributed by atoms with Crippen LogP contribution in [0.15, 0.2) is 42.5 Å². The number of hydrogen-bond donors (Lipinski definition) is 1. The lowest BCUT2D eigenvalue weighted by Gasteiger charge is -2.12. The topological polar surface area (TPSA) is 37.3 Å². The van der Waals surface area contributed by atoms with Gasteiger partial charge in [-0.2, -0.15) is 0 Å². The van der Waals surface area contributed by atoms with Crippen LogP contribution >= 0.6 is 0 Å². The lowest BCUT2D eigenvalue weighted by molar-refractivity contribution is -0.116. The van der Waals surface area contributed by atoms with E-state index in [-0.39, 0.29) is 11.7 Å². The number of aliphatic hydroxyl groups is 1. The minimum atomic E-state index is -0.658. The van der Waals surface area contributed by atoms with Crippen molar-refractivity contribution in [1.82, 2.24) is 0 Å². The third kappa shape index (κ3) is 1.40. The number of allylic oxidation sites excluding steroid dienone is 1. The maximum Gasteiger partial charge on any atom is 0.165 e. The second-order valence-electron chi connectivity index (χ2n) is 3.14. The zero-order chi connectivity index (χ0) is 9.26. The summed E-state index contributed by atoms with van der Waals surface area (Å²) < 4.78 is 0. The van der Waals surface area contributed by atoms with Crippen LogP contribution < -0.4 is 0 Å². The lowest BCUT2D eigenvalue weighted by Crippen LogP contribution is -2.17. The van der Waals surface area contributed by atoms with Crippen molar-refractivity contribution in [1.29, 1.82) is 0 Å². The Labute approximate surface area is 76.5 Å². The fraction of sp³-hybridized carbons (Fsp3) is 0.182. The van der Waals surface area contributed by atoms with Gasteiger partial charge in [-0.15, -0.1) is 0 Å². The summed E-state index contributed by atoms with van der Waals surface area (Å²) in [7, 11) is 0. The number of hydrogen-bond acceptors (Lipinski definition) is 2. The number of carbonyl (C=O) groups is 1. The smallest absolute Gasteiger partial charge is 0.165 e. The van der Waals surface area contributed by atoms with E-state index in [9.17, 15) is 9.90 Å². The van der Waals surface area contributed by atoms with Gasteiger partial charge in [0.15, 0.2) is 5.78 Å². The van der Waals surface area contributed by atoms with Gasteiger partial charge in [0, 0.05) is 0 Å². The van der Waals surface area contributed by atoms with E-state index in [0.29, 0.717) is 0 Å². The highest BCUT2D eigenvalue weighted by atomic mass is 16.3. The molecule has 0 aromatic heterocycles. The van der Waals surface area contributed by atoms with Crippen molar-refractivity contribution in [2.75, 3.05) is 0 Å². The fourth-order valence-corrected chi connectivity index (χ4v) is 1.60. The summed E-state index contributed by atoms with van der Waals surface area (Å²) in [5, 5.41) is 9.51. The molecule has 0 aliphatic heterocycles. The van der Waals surface area contributed by atoms with Gasteiger partial charge in [0.25, 0.3) is 0 Å². The third-order valence-electron chi connectivity index (χ3n) is 2.26. The first-order chi connectivity index (χ1) is 6.29. The Hall–Kier alpha value is -1.41. The maximum atomic E-state index is 11.3. The van der Waals surface area contributed by atoms with Crippen LogP contribution in [0.1, 0.15) is 11.5 Å². The molecule has 0 saturated heterocycles. The average molecular weight is 174 g/mol. The molecule has 13 heavy (non-hydrogen) atoms. The van der Waals surface area contributed by atoms with E-state index in [0.717, 1.165) is 5.56 Å². The van der Waals surface area contributed by atoms with Crippen molar-refractivity contribution in [2.24, 2.45) is 0 Å². The quantitative estimate of drug-likeness (QED) is 0.696. The SMILES string of the molecule is O=C1C=CC(O)C1c1ccccc1. The van der Waals surface area contributed by atoms with Gasteiger partial charge in [0.05, 0.1) is 12.0 Å². The van der Waals surface area contributed by atoms with E-state index in [2.05, 4.69) is 0 Å². The zero-order valence-electron chi connectivity index (χ0n) is 7.05. The molecule has 2 atom stereocenters. The van der Waals surface area contributed by atoms with Crippen LogP contribution in [-0.4, -0.2) is 17.0 Å². The number of aliphatic hydroxyl groups excluding tert-OH is 1. The highest BCUT2D eigenvalue weighted by molar-refractivity contribution is 5.98. The van der Waals surface area contributed by atoms with E-state index in [4.69, 9.17) is 0 Å². The zero-order valence-corrected chi connectivity index (χ0v) is 7.05. The predicted molar refractivity (Wildman–Crippen MR) is 49.3 cm³/mol. The molecular weight excluding hydrogens is 164 g/mol. The standard InChI is InChI=1S/C11H10O2/c12-9-6-7-10(13)11(9)8-4-2-1-3-5-8/h1-7,9,11-12H. The number of rotatable bonds is 1. The summed E-state index contributed by atoms with van der Waals surface area (Å²) in [5.74, 6) is -0.403. The van der Waals surface area contributed by atoms with Gasteiger partial charge in [-0.3, -0.25) is 4.79 Å². The molecule has 0 radical (unpaired) electrons. The van der Waals surface area contributed by atoms with Gasteiger partial charge in [0.1, 0.15) is 0 Å². The molecule has 1 aromatic rings. The Kier molecular flexibility index (Phi) is 1.99. The number of benzene rings is 1. The molecular formula is C11H10O2. The molecule has 2 heteroatoms. The fourth-order valence-electron chi connectivity index (χ4n) is 1.60. The van der Waals surface area contributed by atoms with Gasteiger partial charge in [0.2, 0.25) is 0 Å². The van der Waals surface area contributed by atoms with Crippen LogP contribution in [0, 0.1) is 0 Å².